The normalized spacial score (nSPS) is 14.3. The lowest BCUT2D eigenvalue weighted by Crippen LogP contribution is -2.34. The van der Waals surface area contributed by atoms with Crippen molar-refractivity contribution < 1.29 is 4.79 Å². The first-order chi connectivity index (χ1) is 10.1. The number of carbonyl (C=O) groups is 1. The van der Waals surface area contributed by atoms with Crippen molar-refractivity contribution in [1.29, 1.82) is 0 Å². The second-order valence-corrected chi connectivity index (χ2v) is 7.07. The minimum absolute atomic E-state index is 0.160. The maximum absolute atomic E-state index is 13.0. The Kier molecular flexibility index (Phi) is 3.89. The Morgan fingerprint density at radius 2 is 1.90 bits per heavy atom. The Bertz CT molecular complexity index is 640. The molecule has 0 bridgehead atoms. The van der Waals surface area contributed by atoms with E-state index in [2.05, 4.69) is 18.4 Å². The lowest BCUT2D eigenvalue weighted by molar-refractivity contribution is 0.0754. The van der Waals surface area contributed by atoms with Gasteiger partial charge in [-0.1, -0.05) is 0 Å². The van der Waals surface area contributed by atoms with E-state index in [4.69, 9.17) is 0 Å². The van der Waals surface area contributed by atoms with Crippen LogP contribution in [-0.4, -0.2) is 28.5 Å². The van der Waals surface area contributed by atoms with Gasteiger partial charge in [-0.2, -0.15) is 0 Å². The van der Waals surface area contributed by atoms with Crippen molar-refractivity contribution in [1.82, 2.24) is 9.47 Å². The number of aryl methyl sites for hydroxylation is 1. The number of rotatable bonds is 3. The van der Waals surface area contributed by atoms with Gasteiger partial charge in [-0.3, -0.25) is 4.79 Å². The van der Waals surface area contributed by atoms with Crippen molar-refractivity contribution >= 4 is 17.2 Å². The maximum atomic E-state index is 13.0. The highest BCUT2D eigenvalue weighted by molar-refractivity contribution is 7.15. The maximum Gasteiger partial charge on any atom is 0.257 e. The predicted molar refractivity (Wildman–Crippen MR) is 87.5 cm³/mol. The molecule has 0 atom stereocenters. The van der Waals surface area contributed by atoms with E-state index in [0.29, 0.717) is 0 Å². The zero-order valence-corrected chi connectivity index (χ0v) is 13.7. The Balaban J connectivity index is 2.12. The van der Waals surface area contributed by atoms with E-state index < -0.39 is 0 Å². The predicted octanol–water partition coefficient (Wildman–Crippen LogP) is 3.90. The van der Waals surface area contributed by atoms with E-state index in [1.165, 1.54) is 23.3 Å². The summed E-state index contributed by atoms with van der Waals surface area (Å²) in [5.74, 6) is 0.160. The molecular weight excluding hydrogens is 280 g/mol. The van der Waals surface area contributed by atoms with E-state index >= 15 is 0 Å². The molecular formula is C17H22N2OS. The molecule has 0 unspecified atom stereocenters. The quantitative estimate of drug-likeness (QED) is 0.844. The summed E-state index contributed by atoms with van der Waals surface area (Å²) in [5.41, 5.74) is 2.23. The van der Waals surface area contributed by atoms with Gasteiger partial charge < -0.3 is 9.47 Å². The molecule has 112 valence electrons. The summed E-state index contributed by atoms with van der Waals surface area (Å²) in [4.78, 5) is 16.2. The molecule has 1 amide bonds. The van der Waals surface area contributed by atoms with Gasteiger partial charge in [0.05, 0.1) is 5.56 Å². The average molecular weight is 302 g/mol. The molecule has 0 fully saturated rings. The minimum atomic E-state index is 0.160. The fourth-order valence-electron chi connectivity index (χ4n) is 2.83. The van der Waals surface area contributed by atoms with Gasteiger partial charge in [-0.25, -0.2) is 0 Å². The zero-order chi connectivity index (χ0) is 15.0. The fraction of sp³-hybridized carbons (Fsp3) is 0.471. The Labute approximate surface area is 130 Å². The van der Waals surface area contributed by atoms with Crippen LogP contribution in [0, 0.1) is 0 Å². The molecule has 2 aromatic heterocycles. The van der Waals surface area contributed by atoms with Gasteiger partial charge in [0.2, 0.25) is 0 Å². The average Bonchev–Trinajstić information content (AvgIpc) is 3.12. The van der Waals surface area contributed by atoms with Crippen LogP contribution >= 0.6 is 11.3 Å². The summed E-state index contributed by atoms with van der Waals surface area (Å²) >= 11 is 1.79. The number of fused-ring (bicyclic) bond motifs is 1. The number of hydrogen-bond acceptors (Lipinski definition) is 2. The minimum Gasteiger partial charge on any atom is -0.339 e. The van der Waals surface area contributed by atoms with E-state index in [9.17, 15) is 4.79 Å². The number of hydrogen-bond donors (Lipinski definition) is 0. The van der Waals surface area contributed by atoms with Crippen LogP contribution in [0.5, 0.6) is 0 Å². The first-order valence-corrected chi connectivity index (χ1v) is 8.46. The molecule has 0 N–H and O–H groups in total. The van der Waals surface area contributed by atoms with Crippen molar-refractivity contribution in [3.8, 4) is 5.00 Å². The van der Waals surface area contributed by atoms with Crippen molar-refractivity contribution in [2.24, 2.45) is 0 Å². The molecule has 2 aromatic rings. The van der Waals surface area contributed by atoms with E-state index in [1.807, 2.05) is 36.5 Å². The molecule has 4 heteroatoms. The number of aromatic nitrogens is 1. The van der Waals surface area contributed by atoms with Crippen LogP contribution in [-0.2, 0) is 12.8 Å². The van der Waals surface area contributed by atoms with Gasteiger partial charge in [0.25, 0.3) is 5.91 Å². The van der Waals surface area contributed by atoms with Gasteiger partial charge >= 0.3 is 0 Å². The zero-order valence-electron chi connectivity index (χ0n) is 12.9. The fourth-order valence-corrected chi connectivity index (χ4v) is 4.18. The Morgan fingerprint density at radius 1 is 1.24 bits per heavy atom. The molecule has 0 aromatic carbocycles. The number of nitrogens with zero attached hydrogens (tertiary/aromatic N) is 2. The molecule has 2 heterocycles. The van der Waals surface area contributed by atoms with Crippen LogP contribution in [0.25, 0.3) is 5.00 Å². The highest BCUT2D eigenvalue weighted by Gasteiger charge is 2.28. The second-order valence-electron chi connectivity index (χ2n) is 5.99. The third kappa shape index (κ3) is 2.53. The molecule has 1 aliphatic rings. The van der Waals surface area contributed by atoms with Crippen LogP contribution in [0.4, 0.5) is 0 Å². The van der Waals surface area contributed by atoms with Gasteiger partial charge in [0, 0.05) is 30.4 Å². The van der Waals surface area contributed by atoms with Crippen LogP contribution in [0.2, 0.25) is 0 Å². The lowest BCUT2D eigenvalue weighted by atomic mass is 9.95. The number of carbonyl (C=O) groups excluding carboxylic acids is 1. The summed E-state index contributed by atoms with van der Waals surface area (Å²) in [6, 6.07) is 4.24. The molecule has 0 radical (unpaired) electrons. The summed E-state index contributed by atoms with van der Waals surface area (Å²) in [6.07, 6.45) is 8.66. The van der Waals surface area contributed by atoms with Gasteiger partial charge in [0.15, 0.2) is 0 Å². The largest absolute Gasteiger partial charge is 0.339 e. The summed E-state index contributed by atoms with van der Waals surface area (Å²) in [5, 5.41) is 1.09. The molecule has 0 aliphatic heterocycles. The molecule has 3 nitrogen and oxygen atoms in total. The molecule has 0 saturated heterocycles. The van der Waals surface area contributed by atoms with Crippen LogP contribution in [0.15, 0.2) is 24.5 Å². The topological polar surface area (TPSA) is 25.2 Å². The van der Waals surface area contributed by atoms with Crippen molar-refractivity contribution in [2.75, 3.05) is 7.05 Å². The van der Waals surface area contributed by atoms with Crippen molar-refractivity contribution in [3.63, 3.8) is 0 Å². The third-order valence-electron chi connectivity index (χ3n) is 4.30. The number of amides is 1. The second kappa shape index (κ2) is 5.68. The summed E-state index contributed by atoms with van der Waals surface area (Å²) in [6.45, 7) is 4.12. The molecule has 0 spiro atoms. The first kappa shape index (κ1) is 14.4. The molecule has 3 rings (SSSR count). The van der Waals surface area contributed by atoms with E-state index in [0.717, 1.165) is 23.4 Å². The molecule has 21 heavy (non-hydrogen) atoms. The van der Waals surface area contributed by atoms with E-state index in [1.54, 1.807) is 11.3 Å². The summed E-state index contributed by atoms with van der Waals surface area (Å²) < 4.78 is 2.09. The molecule has 1 aliphatic carbocycles. The van der Waals surface area contributed by atoms with Crippen molar-refractivity contribution in [3.05, 3.63) is 40.5 Å². The lowest BCUT2D eigenvalue weighted by Gasteiger charge is -2.23. The SMILES string of the molecule is CC(C)N(C)C(=O)c1c(-n2cccc2)sc2c1CCCC2. The van der Waals surface area contributed by atoms with Crippen LogP contribution in [0.1, 0.15) is 47.5 Å². The van der Waals surface area contributed by atoms with Crippen LogP contribution in [0.3, 0.4) is 0 Å². The highest BCUT2D eigenvalue weighted by atomic mass is 32.1. The van der Waals surface area contributed by atoms with Crippen molar-refractivity contribution in [2.45, 2.75) is 45.6 Å². The smallest absolute Gasteiger partial charge is 0.257 e. The molecule has 0 saturated carbocycles. The van der Waals surface area contributed by atoms with Gasteiger partial charge in [0.1, 0.15) is 5.00 Å². The monoisotopic (exact) mass is 302 g/mol. The highest BCUT2D eigenvalue weighted by Crippen LogP contribution is 2.37. The van der Waals surface area contributed by atoms with Gasteiger partial charge in [-0.05, 0) is 57.2 Å². The first-order valence-electron chi connectivity index (χ1n) is 7.64. The van der Waals surface area contributed by atoms with Crippen LogP contribution < -0.4 is 0 Å². The Hall–Kier alpha value is -1.55. The third-order valence-corrected chi connectivity index (χ3v) is 5.61. The summed E-state index contributed by atoms with van der Waals surface area (Å²) in [7, 11) is 1.90. The Morgan fingerprint density at radius 3 is 2.57 bits per heavy atom. The van der Waals surface area contributed by atoms with Gasteiger partial charge in [-0.15, -0.1) is 11.3 Å². The van der Waals surface area contributed by atoms with E-state index in [-0.39, 0.29) is 11.9 Å². The standard InChI is InChI=1S/C17H22N2OS/c1-12(2)18(3)16(20)15-13-8-4-5-9-14(13)21-17(15)19-10-6-7-11-19/h6-7,10-12H,4-5,8-9H2,1-3H3. The number of thiophene rings is 1.